The fourth-order valence-corrected chi connectivity index (χ4v) is 2.78. The van der Waals surface area contributed by atoms with Crippen LogP contribution in [0.2, 0.25) is 0 Å². The van der Waals surface area contributed by atoms with E-state index in [9.17, 15) is 0 Å². The minimum Gasteiger partial charge on any atom is -0.0859 e. The predicted octanol–water partition coefficient (Wildman–Crippen LogP) is 3.72. The molecule has 0 heterocycles. The smallest absolute Gasteiger partial charge is 0.0214 e. The third-order valence-electron chi connectivity index (χ3n) is 0.841. The van der Waals surface area contributed by atoms with Crippen LogP contribution in [0.1, 0.15) is 34.1 Å². The number of hydrogen-bond acceptors (Lipinski definition) is 0. The maximum absolute atomic E-state index is 3.58. The molecule has 0 nitrogen and oxygen atoms in total. The average molecular weight is 258 g/mol. The Morgan fingerprint density at radius 2 is 1.11 bits per heavy atom. The van der Waals surface area contributed by atoms with Gasteiger partial charge >= 0.3 is 0 Å². The first kappa shape index (κ1) is 9.96. The van der Waals surface area contributed by atoms with Gasteiger partial charge in [0.05, 0.1) is 0 Å². The molecule has 2 heteroatoms. The van der Waals surface area contributed by atoms with E-state index in [-0.39, 0.29) is 8.65 Å². The van der Waals surface area contributed by atoms with Crippen LogP contribution in [0, 0.1) is 0 Å². The van der Waals surface area contributed by atoms with E-state index in [0.29, 0.717) is 0 Å². The highest BCUT2D eigenvalue weighted by Gasteiger charge is 2.23. The molecule has 0 aromatic rings. The lowest BCUT2D eigenvalue weighted by Crippen LogP contribution is -2.22. The first-order valence-corrected chi connectivity index (χ1v) is 4.67. The second-order valence-electron chi connectivity index (χ2n) is 3.61. The van der Waals surface area contributed by atoms with Crippen molar-refractivity contribution >= 4 is 31.9 Å². The van der Waals surface area contributed by atoms with Crippen LogP contribution in [0.15, 0.2) is 0 Å². The molecule has 0 aliphatic carbocycles. The Bertz CT molecular complexity index is 72.1. The number of rotatable bonds is 2. The highest BCUT2D eigenvalue weighted by atomic mass is 79.9. The van der Waals surface area contributed by atoms with Crippen molar-refractivity contribution in [1.82, 2.24) is 0 Å². The molecule has 56 valence electrons. The number of hydrogen-bond donors (Lipinski definition) is 0. The van der Waals surface area contributed by atoms with Gasteiger partial charge in [0.1, 0.15) is 0 Å². The van der Waals surface area contributed by atoms with Gasteiger partial charge in [0.15, 0.2) is 0 Å². The zero-order valence-electron chi connectivity index (χ0n) is 6.46. The summed E-state index contributed by atoms with van der Waals surface area (Å²) in [5.74, 6) is 0. The quantitative estimate of drug-likeness (QED) is 0.662. The van der Waals surface area contributed by atoms with E-state index >= 15 is 0 Å². The maximum Gasteiger partial charge on any atom is 0.0214 e. The Morgan fingerprint density at radius 3 is 1.11 bits per heavy atom. The van der Waals surface area contributed by atoms with E-state index in [1.54, 1.807) is 0 Å². The van der Waals surface area contributed by atoms with Gasteiger partial charge in [-0.15, -0.1) is 0 Å². The molecule has 0 unspecified atom stereocenters. The molecule has 0 amide bonds. The lowest BCUT2D eigenvalue weighted by molar-refractivity contribution is 0.558. The van der Waals surface area contributed by atoms with Crippen LogP contribution >= 0.6 is 31.9 Å². The molecular weight excluding hydrogens is 244 g/mol. The molecule has 0 aromatic carbocycles. The van der Waals surface area contributed by atoms with Gasteiger partial charge in [-0.3, -0.25) is 0 Å². The summed E-state index contributed by atoms with van der Waals surface area (Å²) in [6.45, 7) is 8.71. The SMILES string of the molecule is CC(C)(Br)CC(C)(C)Br. The molecule has 9 heavy (non-hydrogen) atoms. The van der Waals surface area contributed by atoms with E-state index in [2.05, 4.69) is 59.6 Å². The lowest BCUT2D eigenvalue weighted by Gasteiger charge is -2.25. The summed E-state index contributed by atoms with van der Waals surface area (Å²) in [5.41, 5.74) is 0. The van der Waals surface area contributed by atoms with E-state index in [0.717, 1.165) is 6.42 Å². The van der Waals surface area contributed by atoms with Gasteiger partial charge in [0.2, 0.25) is 0 Å². The zero-order chi connectivity index (χ0) is 7.71. The van der Waals surface area contributed by atoms with E-state index in [1.165, 1.54) is 0 Å². The monoisotopic (exact) mass is 256 g/mol. The first-order chi connectivity index (χ1) is 3.71. The molecule has 0 aliphatic heterocycles. The average Bonchev–Trinajstić information content (AvgIpc) is 1.14. The molecule has 0 aliphatic rings. The molecular formula is C7H14Br2. The van der Waals surface area contributed by atoms with E-state index < -0.39 is 0 Å². The van der Waals surface area contributed by atoms with Crippen LogP contribution in [0.3, 0.4) is 0 Å². The van der Waals surface area contributed by atoms with Crippen LogP contribution in [0.5, 0.6) is 0 Å². The Balaban J connectivity index is 3.75. The van der Waals surface area contributed by atoms with E-state index in [1.807, 2.05) is 0 Å². The number of alkyl halides is 2. The molecule has 0 rings (SSSR count). The van der Waals surface area contributed by atoms with Crippen molar-refractivity contribution in [3.05, 3.63) is 0 Å². The largest absolute Gasteiger partial charge is 0.0859 e. The first-order valence-electron chi connectivity index (χ1n) is 3.09. The molecule has 0 aromatic heterocycles. The second-order valence-corrected chi connectivity index (χ2v) is 7.91. The molecule has 0 N–H and O–H groups in total. The topological polar surface area (TPSA) is 0 Å². The fourth-order valence-electron chi connectivity index (χ4n) is 1.000. The Labute approximate surface area is 74.7 Å². The van der Waals surface area contributed by atoms with Gasteiger partial charge in [-0.1, -0.05) is 59.6 Å². The van der Waals surface area contributed by atoms with Gasteiger partial charge < -0.3 is 0 Å². The van der Waals surface area contributed by atoms with Crippen molar-refractivity contribution in [2.45, 2.75) is 42.8 Å². The van der Waals surface area contributed by atoms with Gasteiger partial charge in [-0.05, 0) is 6.42 Å². The second kappa shape index (κ2) is 2.91. The van der Waals surface area contributed by atoms with Crippen LogP contribution in [-0.2, 0) is 0 Å². The molecule has 0 fully saturated rings. The molecule has 0 spiro atoms. The summed E-state index contributed by atoms with van der Waals surface area (Å²) in [7, 11) is 0. The van der Waals surface area contributed by atoms with E-state index in [4.69, 9.17) is 0 Å². The van der Waals surface area contributed by atoms with Gasteiger partial charge in [-0.25, -0.2) is 0 Å². The van der Waals surface area contributed by atoms with Gasteiger partial charge in [-0.2, -0.15) is 0 Å². The molecule has 0 saturated carbocycles. The maximum atomic E-state index is 3.58. The van der Waals surface area contributed by atoms with Gasteiger partial charge in [0.25, 0.3) is 0 Å². The van der Waals surface area contributed by atoms with Crippen LogP contribution in [0.4, 0.5) is 0 Å². The zero-order valence-corrected chi connectivity index (χ0v) is 9.64. The standard InChI is InChI=1S/C7H14Br2/c1-6(2,8)5-7(3,4)9/h5H2,1-4H3. The van der Waals surface area contributed by atoms with Crippen molar-refractivity contribution in [2.24, 2.45) is 0 Å². The van der Waals surface area contributed by atoms with Crippen molar-refractivity contribution in [3.8, 4) is 0 Å². The molecule has 0 atom stereocenters. The summed E-state index contributed by atoms with van der Waals surface area (Å²) in [6, 6.07) is 0. The highest BCUT2D eigenvalue weighted by molar-refractivity contribution is 9.10. The minimum absolute atomic E-state index is 0.250. The Kier molecular flexibility index (Phi) is 3.22. The van der Waals surface area contributed by atoms with Crippen molar-refractivity contribution in [2.75, 3.05) is 0 Å². The summed E-state index contributed by atoms with van der Waals surface area (Å²) < 4.78 is 0.500. The van der Waals surface area contributed by atoms with Crippen molar-refractivity contribution in [1.29, 1.82) is 0 Å². The summed E-state index contributed by atoms with van der Waals surface area (Å²) in [6.07, 6.45) is 1.12. The Hall–Kier alpha value is 0.960. The fraction of sp³-hybridized carbons (Fsp3) is 1.00. The predicted molar refractivity (Wildman–Crippen MR) is 50.6 cm³/mol. The summed E-state index contributed by atoms with van der Waals surface area (Å²) >= 11 is 7.17. The summed E-state index contributed by atoms with van der Waals surface area (Å²) in [4.78, 5) is 0. The minimum atomic E-state index is 0.250. The molecule has 0 bridgehead atoms. The number of halogens is 2. The van der Waals surface area contributed by atoms with Gasteiger partial charge in [0, 0.05) is 8.65 Å². The third-order valence-corrected chi connectivity index (χ3v) is 1.40. The lowest BCUT2D eigenvalue weighted by atomic mass is 10.0. The van der Waals surface area contributed by atoms with Crippen LogP contribution in [0.25, 0.3) is 0 Å². The molecule has 0 radical (unpaired) electrons. The van der Waals surface area contributed by atoms with Crippen LogP contribution < -0.4 is 0 Å². The normalized spacial score (nSPS) is 14.0. The third kappa shape index (κ3) is 8.96. The highest BCUT2D eigenvalue weighted by Crippen LogP contribution is 2.32. The van der Waals surface area contributed by atoms with Crippen LogP contribution in [-0.4, -0.2) is 8.65 Å². The summed E-state index contributed by atoms with van der Waals surface area (Å²) in [5, 5.41) is 0. The van der Waals surface area contributed by atoms with Crippen molar-refractivity contribution in [3.63, 3.8) is 0 Å². The van der Waals surface area contributed by atoms with Crippen molar-refractivity contribution < 1.29 is 0 Å². The Morgan fingerprint density at radius 1 is 0.889 bits per heavy atom. The molecule has 0 saturated heterocycles.